The van der Waals surface area contributed by atoms with Gasteiger partial charge in [-0.05, 0) is 18.1 Å². The van der Waals surface area contributed by atoms with Gasteiger partial charge in [-0.2, -0.15) is 0 Å². The molecular weight excluding hydrogens is 382 g/mol. The number of amides is 1. The van der Waals surface area contributed by atoms with Gasteiger partial charge in [-0.1, -0.05) is 0 Å². The zero-order valence-electron chi connectivity index (χ0n) is 10.1. The van der Waals surface area contributed by atoms with Crippen LogP contribution in [0.15, 0.2) is 18.3 Å². The molecule has 1 aromatic heterocycles. The minimum absolute atomic E-state index is 0.0825. The van der Waals surface area contributed by atoms with Gasteiger partial charge in [0.25, 0.3) is 0 Å². The van der Waals surface area contributed by atoms with Crippen LogP contribution >= 0.6 is 30.3 Å². The summed E-state index contributed by atoms with van der Waals surface area (Å²) < 4.78 is 15.2. The second-order valence-electron chi connectivity index (χ2n) is 4.10. The quantitative estimate of drug-likeness (QED) is 0.785. The Morgan fingerprint density at radius 3 is 2.95 bits per heavy atom. The molecule has 0 spiro atoms. The number of phenols is 1. The van der Waals surface area contributed by atoms with Crippen molar-refractivity contribution in [3.05, 3.63) is 29.7 Å². The van der Waals surface area contributed by atoms with Crippen LogP contribution in [0.1, 0.15) is 12.5 Å². The van der Waals surface area contributed by atoms with E-state index in [0.29, 0.717) is 18.5 Å². The highest BCUT2D eigenvalue weighted by molar-refractivity contribution is 14.2. The molecule has 0 fully saturated rings. The topological polar surface area (TPSA) is 54.3 Å². The van der Waals surface area contributed by atoms with Crippen molar-refractivity contribution in [2.45, 2.75) is 13.3 Å². The fourth-order valence-electron chi connectivity index (χ4n) is 1.90. The molecular formula is C12H12FIN2O2S. The van der Waals surface area contributed by atoms with Gasteiger partial charge in [-0.3, -0.25) is 8.77 Å². The lowest BCUT2D eigenvalue weighted by Gasteiger charge is -2.02. The summed E-state index contributed by atoms with van der Waals surface area (Å²) in [5.41, 5.74) is 1.68. The number of aromatic hydroxyl groups is 1. The summed E-state index contributed by atoms with van der Waals surface area (Å²) in [6.07, 6.45) is 2.52. The van der Waals surface area contributed by atoms with Crippen LogP contribution < -0.4 is 5.32 Å². The van der Waals surface area contributed by atoms with Crippen molar-refractivity contribution in [1.29, 1.82) is 0 Å². The Bertz CT molecular complexity index is 630. The number of carbonyl (C=O) groups excluding carboxylic acids is 1. The van der Waals surface area contributed by atoms with E-state index in [9.17, 15) is 14.3 Å². The van der Waals surface area contributed by atoms with Crippen LogP contribution in [-0.4, -0.2) is 21.5 Å². The van der Waals surface area contributed by atoms with E-state index < -0.39 is 5.82 Å². The predicted molar refractivity (Wildman–Crippen MR) is 83.0 cm³/mol. The lowest BCUT2D eigenvalue weighted by molar-refractivity contribution is -0.118. The van der Waals surface area contributed by atoms with Crippen LogP contribution in [0.2, 0.25) is 0 Å². The number of phenolic OH excluding ortho intramolecular Hbond substituents is 1. The van der Waals surface area contributed by atoms with Crippen molar-refractivity contribution >= 4 is 47.1 Å². The van der Waals surface area contributed by atoms with Gasteiger partial charge in [-0.25, -0.2) is 4.39 Å². The van der Waals surface area contributed by atoms with Gasteiger partial charge in [0, 0.05) is 61.4 Å². The number of hydrogen-bond acceptors (Lipinski definition) is 3. The lowest BCUT2D eigenvalue weighted by Crippen LogP contribution is -2.22. The Morgan fingerprint density at radius 1 is 1.58 bits per heavy atom. The van der Waals surface area contributed by atoms with Crippen LogP contribution in [0.25, 0.3) is 10.9 Å². The lowest BCUT2D eigenvalue weighted by atomic mass is 10.1. The van der Waals surface area contributed by atoms with Crippen LogP contribution in [0.3, 0.4) is 0 Å². The highest BCUT2D eigenvalue weighted by Gasteiger charge is 2.12. The number of nitrogens with one attached hydrogen (secondary N) is 1. The molecule has 1 heterocycles. The molecule has 0 radical (unpaired) electrons. The third-order valence-electron chi connectivity index (χ3n) is 2.76. The van der Waals surface area contributed by atoms with Gasteiger partial charge >= 0.3 is 0 Å². The molecule has 7 heteroatoms. The summed E-state index contributed by atoms with van der Waals surface area (Å²) in [5, 5.41) is 13.0. The molecule has 0 bridgehead atoms. The standard InChI is InChI=1S/C12H12FIN2O2S/c1-7(17)15-3-2-8-6-16(19-14)11-5-10(13)12(18)4-9(8)11/h4-6,18H,2-3H2,1H3,(H,15,17). The summed E-state index contributed by atoms with van der Waals surface area (Å²) in [5.74, 6) is -1.07. The smallest absolute Gasteiger partial charge is 0.216 e. The number of hydrogen-bond donors (Lipinski definition) is 2. The fraction of sp³-hybridized carbons (Fsp3) is 0.250. The summed E-state index contributed by atoms with van der Waals surface area (Å²) in [4.78, 5) is 10.8. The van der Waals surface area contributed by atoms with Gasteiger partial charge in [0.1, 0.15) is 0 Å². The molecule has 4 nitrogen and oxygen atoms in total. The summed E-state index contributed by atoms with van der Waals surface area (Å²) in [6.45, 7) is 1.98. The second kappa shape index (κ2) is 6.00. The maximum absolute atomic E-state index is 13.4. The van der Waals surface area contributed by atoms with E-state index in [-0.39, 0.29) is 11.7 Å². The molecule has 0 aliphatic heterocycles. The second-order valence-corrected chi connectivity index (χ2v) is 5.82. The van der Waals surface area contributed by atoms with Crippen LogP contribution in [0.4, 0.5) is 4.39 Å². The zero-order chi connectivity index (χ0) is 14.0. The number of nitrogens with zero attached hydrogens (tertiary/aromatic N) is 1. The van der Waals surface area contributed by atoms with Crippen molar-refractivity contribution in [1.82, 2.24) is 9.29 Å². The van der Waals surface area contributed by atoms with Crippen LogP contribution in [0, 0.1) is 5.82 Å². The van der Waals surface area contributed by atoms with Gasteiger partial charge in [0.15, 0.2) is 11.6 Å². The monoisotopic (exact) mass is 394 g/mol. The predicted octanol–water partition coefficient (Wildman–Crippen LogP) is 3.01. The SMILES string of the molecule is CC(=O)NCCc1cn(SI)c2cc(F)c(O)cc12. The molecule has 0 saturated carbocycles. The van der Waals surface area contributed by atoms with Gasteiger partial charge < -0.3 is 10.4 Å². The molecule has 0 unspecified atom stereocenters. The average Bonchev–Trinajstić information content (AvgIpc) is 2.67. The van der Waals surface area contributed by atoms with E-state index in [1.165, 1.54) is 28.2 Å². The first-order valence-corrected chi connectivity index (χ1v) is 8.90. The Labute approximate surface area is 126 Å². The van der Waals surface area contributed by atoms with E-state index >= 15 is 0 Å². The van der Waals surface area contributed by atoms with E-state index in [2.05, 4.69) is 26.5 Å². The molecule has 0 aliphatic carbocycles. The van der Waals surface area contributed by atoms with Crippen molar-refractivity contribution < 1.29 is 14.3 Å². The molecule has 2 aromatic rings. The molecule has 102 valence electrons. The molecule has 2 N–H and O–H groups in total. The zero-order valence-corrected chi connectivity index (χ0v) is 13.1. The minimum atomic E-state index is -0.634. The Morgan fingerprint density at radius 2 is 2.32 bits per heavy atom. The minimum Gasteiger partial charge on any atom is -0.505 e. The third kappa shape index (κ3) is 3.14. The molecule has 0 atom stereocenters. The van der Waals surface area contributed by atoms with Gasteiger partial charge in [-0.15, -0.1) is 0 Å². The molecule has 0 aliphatic rings. The van der Waals surface area contributed by atoms with E-state index in [1.54, 1.807) is 0 Å². The first-order valence-electron chi connectivity index (χ1n) is 5.59. The Kier molecular flexibility index (Phi) is 4.56. The first-order chi connectivity index (χ1) is 9.02. The fourth-order valence-corrected chi connectivity index (χ4v) is 3.27. The maximum Gasteiger partial charge on any atom is 0.216 e. The van der Waals surface area contributed by atoms with E-state index in [4.69, 9.17) is 0 Å². The van der Waals surface area contributed by atoms with Crippen molar-refractivity contribution in [2.75, 3.05) is 6.54 Å². The number of aromatic nitrogens is 1. The third-order valence-corrected chi connectivity index (χ3v) is 4.49. The summed E-state index contributed by atoms with van der Waals surface area (Å²) >= 11 is 2.11. The normalized spacial score (nSPS) is 10.9. The summed E-state index contributed by atoms with van der Waals surface area (Å²) in [7, 11) is 1.42. The van der Waals surface area contributed by atoms with Crippen molar-refractivity contribution in [2.24, 2.45) is 0 Å². The molecule has 19 heavy (non-hydrogen) atoms. The molecule has 0 saturated heterocycles. The van der Waals surface area contributed by atoms with Crippen LogP contribution in [-0.2, 0) is 11.2 Å². The molecule has 1 amide bonds. The largest absolute Gasteiger partial charge is 0.505 e. The average molecular weight is 394 g/mol. The number of fused-ring (bicyclic) bond motifs is 1. The number of rotatable bonds is 4. The van der Waals surface area contributed by atoms with Crippen LogP contribution in [0.5, 0.6) is 5.75 Å². The van der Waals surface area contributed by atoms with Gasteiger partial charge in [0.2, 0.25) is 5.91 Å². The van der Waals surface area contributed by atoms with Crippen molar-refractivity contribution in [3.8, 4) is 5.75 Å². The van der Waals surface area contributed by atoms with E-state index in [0.717, 1.165) is 10.9 Å². The highest BCUT2D eigenvalue weighted by atomic mass is 127. The molecule has 1 aromatic carbocycles. The Hall–Kier alpha value is -0.960. The van der Waals surface area contributed by atoms with Crippen molar-refractivity contribution in [3.63, 3.8) is 0 Å². The number of benzene rings is 1. The maximum atomic E-state index is 13.4. The number of halogens is 2. The first kappa shape index (κ1) is 14.4. The van der Waals surface area contributed by atoms with E-state index in [1.807, 2.05) is 10.2 Å². The number of carbonyl (C=O) groups is 1. The summed E-state index contributed by atoms with van der Waals surface area (Å²) in [6, 6.07) is 2.75. The van der Waals surface area contributed by atoms with Gasteiger partial charge in [0.05, 0.1) is 5.52 Å². The highest BCUT2D eigenvalue weighted by Crippen LogP contribution is 2.32. The Balaban J connectivity index is 2.38. The molecule has 2 rings (SSSR count).